The summed E-state index contributed by atoms with van der Waals surface area (Å²) in [6.45, 7) is 3.81. The maximum absolute atomic E-state index is 10.7. The van der Waals surface area contributed by atoms with Crippen molar-refractivity contribution in [1.29, 1.82) is 0 Å². The number of aryl methyl sites for hydroxylation is 1. The largest absolute Gasteiger partial charge is 0.474 e. The van der Waals surface area contributed by atoms with E-state index in [0.29, 0.717) is 41.0 Å². The molecule has 0 saturated carbocycles. The zero-order valence-corrected chi connectivity index (χ0v) is 16.7. The number of carbonyl (C=O) groups excluding carboxylic acids is 1. The minimum Gasteiger partial charge on any atom is -0.474 e. The zero-order chi connectivity index (χ0) is 20.4. The molecule has 0 bridgehead atoms. The third-order valence-corrected chi connectivity index (χ3v) is 4.67. The number of ether oxygens (including phenoxy) is 1. The molecule has 0 spiro atoms. The molecule has 1 aromatic carbocycles. The minimum absolute atomic E-state index is 0.0291. The number of halogens is 1. The average Bonchev–Trinajstić information content (AvgIpc) is 3.35. The molecule has 4 aromatic rings. The lowest BCUT2D eigenvalue weighted by molar-refractivity contribution is -0.107. The molecule has 3 heterocycles. The van der Waals surface area contributed by atoms with Gasteiger partial charge in [0.2, 0.25) is 11.7 Å². The Bertz CT molecular complexity index is 1170. The molecule has 8 heteroatoms. The molecule has 0 unspecified atom stereocenters. The van der Waals surface area contributed by atoms with Gasteiger partial charge >= 0.3 is 0 Å². The van der Waals surface area contributed by atoms with Crippen LogP contribution in [0.4, 0.5) is 0 Å². The molecule has 1 N–H and O–H groups in total. The number of hydrogen-bond donors (Lipinski definition) is 1. The highest BCUT2D eigenvalue weighted by molar-refractivity contribution is 6.32. The first-order valence-electron chi connectivity index (χ1n) is 9.26. The van der Waals surface area contributed by atoms with Crippen LogP contribution in [0, 0.1) is 0 Å². The van der Waals surface area contributed by atoms with Gasteiger partial charge in [0.1, 0.15) is 11.3 Å². The van der Waals surface area contributed by atoms with E-state index in [9.17, 15) is 4.79 Å². The Labute approximate surface area is 172 Å². The van der Waals surface area contributed by atoms with Crippen molar-refractivity contribution in [2.45, 2.75) is 32.8 Å². The fourth-order valence-corrected chi connectivity index (χ4v) is 3.33. The van der Waals surface area contributed by atoms with Gasteiger partial charge in [0.15, 0.2) is 0 Å². The Morgan fingerprint density at radius 2 is 2.21 bits per heavy atom. The molecule has 29 heavy (non-hydrogen) atoms. The summed E-state index contributed by atoms with van der Waals surface area (Å²) < 4.78 is 11.0. The number of nitrogens with zero attached hydrogens (tertiary/aromatic N) is 3. The van der Waals surface area contributed by atoms with E-state index in [1.807, 2.05) is 38.2 Å². The third kappa shape index (κ3) is 3.86. The van der Waals surface area contributed by atoms with Crippen LogP contribution in [0.15, 0.2) is 41.2 Å². The topological polar surface area (TPSA) is 93.9 Å². The summed E-state index contributed by atoms with van der Waals surface area (Å²) >= 11 is 6.26. The third-order valence-electron chi connectivity index (χ3n) is 4.40. The number of benzene rings is 1. The quantitative estimate of drug-likeness (QED) is 0.437. The van der Waals surface area contributed by atoms with E-state index in [-0.39, 0.29) is 6.10 Å². The van der Waals surface area contributed by atoms with Gasteiger partial charge in [-0.1, -0.05) is 28.9 Å². The number of aldehydes is 1. The fraction of sp³-hybridized carbons (Fsp3) is 0.238. The van der Waals surface area contributed by atoms with E-state index < -0.39 is 0 Å². The first-order valence-corrected chi connectivity index (χ1v) is 9.64. The minimum atomic E-state index is -0.0291. The van der Waals surface area contributed by atoms with E-state index in [0.717, 1.165) is 28.3 Å². The molecule has 148 valence electrons. The molecule has 0 aliphatic carbocycles. The number of pyridine rings is 1. The molecule has 7 nitrogen and oxygen atoms in total. The van der Waals surface area contributed by atoms with Gasteiger partial charge in [-0.15, -0.1) is 0 Å². The summed E-state index contributed by atoms with van der Waals surface area (Å²) in [4.78, 5) is 22.7. The monoisotopic (exact) mass is 410 g/mol. The van der Waals surface area contributed by atoms with Gasteiger partial charge in [-0.05, 0) is 38.0 Å². The van der Waals surface area contributed by atoms with Gasteiger partial charge in [0.25, 0.3) is 5.89 Å². The van der Waals surface area contributed by atoms with Crippen LogP contribution in [0.1, 0.15) is 25.8 Å². The molecule has 0 aliphatic heterocycles. The van der Waals surface area contributed by atoms with Crippen LogP contribution in [0.5, 0.6) is 5.88 Å². The Morgan fingerprint density at radius 3 is 2.97 bits per heavy atom. The Hall–Kier alpha value is -3.19. The van der Waals surface area contributed by atoms with Crippen molar-refractivity contribution in [2.75, 3.05) is 0 Å². The highest BCUT2D eigenvalue weighted by Gasteiger charge is 2.17. The highest BCUT2D eigenvalue weighted by Crippen LogP contribution is 2.32. The molecule has 3 aromatic heterocycles. The van der Waals surface area contributed by atoms with Crippen LogP contribution in [-0.2, 0) is 11.2 Å². The SMILES string of the molecule is CC(C)Oc1ncc(-c2nc(-c3cccc4c(CCC=O)c[nH]c34)no2)cc1Cl. The van der Waals surface area contributed by atoms with Gasteiger partial charge < -0.3 is 19.0 Å². The number of carbonyl (C=O) groups is 1. The number of para-hydroxylation sites is 1. The molecular weight excluding hydrogens is 392 g/mol. The molecule has 0 radical (unpaired) electrons. The van der Waals surface area contributed by atoms with Gasteiger partial charge in [0, 0.05) is 29.8 Å². The Kier molecular flexibility index (Phi) is 5.31. The van der Waals surface area contributed by atoms with Crippen molar-refractivity contribution in [3.05, 3.63) is 47.2 Å². The molecule has 0 amide bonds. The molecule has 0 atom stereocenters. The second-order valence-electron chi connectivity index (χ2n) is 6.85. The van der Waals surface area contributed by atoms with E-state index in [2.05, 4.69) is 20.1 Å². The molecular formula is C21H19ClN4O3. The normalized spacial score (nSPS) is 11.3. The first-order chi connectivity index (χ1) is 14.1. The zero-order valence-electron chi connectivity index (χ0n) is 16.0. The summed E-state index contributed by atoms with van der Waals surface area (Å²) in [5.74, 6) is 1.13. The number of nitrogens with one attached hydrogen (secondary N) is 1. The van der Waals surface area contributed by atoms with Crippen molar-refractivity contribution in [1.82, 2.24) is 20.1 Å². The standard InChI is InChI=1S/C21H19ClN4O3/c1-12(2)28-21-17(22)9-14(11-24-21)20-25-19(26-29-20)16-7-3-6-15-13(5-4-8-27)10-23-18(15)16/h3,6-12,23H,4-5H2,1-2H3. The number of hydrogen-bond acceptors (Lipinski definition) is 6. The van der Waals surface area contributed by atoms with Crippen LogP contribution >= 0.6 is 11.6 Å². The van der Waals surface area contributed by atoms with Crippen molar-refractivity contribution < 1.29 is 14.1 Å². The van der Waals surface area contributed by atoms with Gasteiger partial charge in [-0.3, -0.25) is 0 Å². The number of aromatic nitrogens is 4. The molecule has 0 aliphatic rings. The smallest absolute Gasteiger partial charge is 0.259 e. The van der Waals surface area contributed by atoms with Crippen LogP contribution in [0.3, 0.4) is 0 Å². The first kappa shape index (κ1) is 19.1. The van der Waals surface area contributed by atoms with Crippen molar-refractivity contribution in [2.24, 2.45) is 0 Å². The van der Waals surface area contributed by atoms with Gasteiger partial charge in [-0.25, -0.2) is 4.98 Å². The molecule has 4 rings (SSSR count). The second kappa shape index (κ2) is 8.05. The molecule has 0 saturated heterocycles. The number of fused-ring (bicyclic) bond motifs is 1. The number of aromatic amines is 1. The van der Waals surface area contributed by atoms with Crippen LogP contribution < -0.4 is 4.74 Å². The summed E-state index contributed by atoms with van der Waals surface area (Å²) in [5.41, 5.74) is 3.40. The number of H-pyrrole nitrogens is 1. The van der Waals surface area contributed by atoms with Crippen molar-refractivity contribution in [3.63, 3.8) is 0 Å². The Morgan fingerprint density at radius 1 is 1.34 bits per heavy atom. The maximum Gasteiger partial charge on any atom is 0.259 e. The van der Waals surface area contributed by atoms with Crippen LogP contribution in [0.2, 0.25) is 5.02 Å². The predicted octanol–water partition coefficient (Wildman–Crippen LogP) is 4.85. The Balaban J connectivity index is 1.67. The number of rotatable bonds is 7. The fourth-order valence-electron chi connectivity index (χ4n) is 3.12. The van der Waals surface area contributed by atoms with E-state index in [1.54, 1.807) is 12.3 Å². The predicted molar refractivity (Wildman–Crippen MR) is 110 cm³/mol. The lowest BCUT2D eigenvalue weighted by atomic mass is 10.1. The summed E-state index contributed by atoms with van der Waals surface area (Å²) in [7, 11) is 0. The summed E-state index contributed by atoms with van der Waals surface area (Å²) in [5, 5.41) is 5.54. The van der Waals surface area contributed by atoms with E-state index >= 15 is 0 Å². The van der Waals surface area contributed by atoms with Crippen LogP contribution in [0.25, 0.3) is 33.7 Å². The summed E-state index contributed by atoms with van der Waals surface area (Å²) in [6.07, 6.45) is 5.56. The van der Waals surface area contributed by atoms with Crippen molar-refractivity contribution >= 4 is 28.8 Å². The van der Waals surface area contributed by atoms with Crippen molar-refractivity contribution in [3.8, 4) is 28.7 Å². The average molecular weight is 411 g/mol. The molecule has 0 fully saturated rings. The summed E-state index contributed by atoms with van der Waals surface area (Å²) in [6, 6.07) is 7.55. The second-order valence-corrected chi connectivity index (χ2v) is 7.26. The van der Waals surface area contributed by atoms with Gasteiger partial charge in [0.05, 0.1) is 17.2 Å². The van der Waals surface area contributed by atoms with Crippen LogP contribution in [-0.4, -0.2) is 32.5 Å². The lowest BCUT2D eigenvalue weighted by Crippen LogP contribution is -2.07. The van der Waals surface area contributed by atoms with Gasteiger partial charge in [-0.2, -0.15) is 4.98 Å². The van der Waals surface area contributed by atoms with E-state index in [1.165, 1.54) is 0 Å². The highest BCUT2D eigenvalue weighted by atomic mass is 35.5. The lowest BCUT2D eigenvalue weighted by Gasteiger charge is -2.09. The maximum atomic E-state index is 10.7. The van der Waals surface area contributed by atoms with E-state index in [4.69, 9.17) is 20.9 Å².